The topological polar surface area (TPSA) is 69.7 Å². The summed E-state index contributed by atoms with van der Waals surface area (Å²) in [6.07, 6.45) is -4.48. The SMILES string of the molecule is COC(=O)C(C)CS(=O)(=O)CCOCC(F)(F)F. The van der Waals surface area contributed by atoms with E-state index in [1.165, 1.54) is 6.92 Å². The number of hydrogen-bond acceptors (Lipinski definition) is 5. The van der Waals surface area contributed by atoms with Crippen molar-refractivity contribution in [3.8, 4) is 0 Å². The lowest BCUT2D eigenvalue weighted by atomic mass is 10.2. The van der Waals surface area contributed by atoms with Crippen molar-refractivity contribution in [1.82, 2.24) is 0 Å². The molecule has 0 radical (unpaired) electrons. The fourth-order valence-electron chi connectivity index (χ4n) is 1.11. The minimum atomic E-state index is -4.48. The molecule has 0 heterocycles. The summed E-state index contributed by atoms with van der Waals surface area (Å²) in [4.78, 5) is 11.0. The van der Waals surface area contributed by atoms with Crippen molar-refractivity contribution in [1.29, 1.82) is 0 Å². The number of rotatable bonds is 7. The van der Waals surface area contributed by atoms with Gasteiger partial charge in [0, 0.05) is 0 Å². The first-order chi connectivity index (χ1) is 8.07. The van der Waals surface area contributed by atoms with Crippen LogP contribution in [0.4, 0.5) is 13.2 Å². The Hall–Kier alpha value is -0.830. The van der Waals surface area contributed by atoms with Crippen LogP contribution in [0.1, 0.15) is 6.92 Å². The molecular weight excluding hydrogens is 277 g/mol. The summed E-state index contributed by atoms with van der Waals surface area (Å²) in [7, 11) is -2.52. The molecule has 108 valence electrons. The van der Waals surface area contributed by atoms with Crippen molar-refractivity contribution >= 4 is 15.8 Å². The van der Waals surface area contributed by atoms with E-state index in [2.05, 4.69) is 9.47 Å². The predicted molar refractivity (Wildman–Crippen MR) is 56.7 cm³/mol. The summed E-state index contributed by atoms with van der Waals surface area (Å²) in [6, 6.07) is 0. The highest BCUT2D eigenvalue weighted by Crippen LogP contribution is 2.14. The lowest BCUT2D eigenvalue weighted by molar-refractivity contribution is -0.172. The van der Waals surface area contributed by atoms with Gasteiger partial charge in [0.15, 0.2) is 9.84 Å². The summed E-state index contributed by atoms with van der Waals surface area (Å²) in [5.41, 5.74) is 0. The Bertz CT molecular complexity index is 363. The predicted octanol–water partition coefficient (Wildman–Crippen LogP) is 0.789. The molecule has 1 unspecified atom stereocenters. The zero-order chi connectivity index (χ0) is 14.4. The second-order valence-electron chi connectivity index (χ2n) is 3.71. The Balaban J connectivity index is 4.06. The summed E-state index contributed by atoms with van der Waals surface area (Å²) >= 11 is 0. The highest BCUT2D eigenvalue weighted by molar-refractivity contribution is 7.91. The van der Waals surface area contributed by atoms with Crippen molar-refractivity contribution < 1.29 is 35.9 Å². The van der Waals surface area contributed by atoms with Crippen LogP contribution in [0.25, 0.3) is 0 Å². The highest BCUT2D eigenvalue weighted by Gasteiger charge is 2.28. The molecule has 0 saturated carbocycles. The molecule has 0 aliphatic rings. The molecule has 0 N–H and O–H groups in total. The Kier molecular flexibility index (Phi) is 6.61. The molecule has 0 aromatic carbocycles. The maximum absolute atomic E-state index is 11.7. The zero-order valence-corrected chi connectivity index (χ0v) is 10.8. The van der Waals surface area contributed by atoms with Crippen LogP contribution in [0.3, 0.4) is 0 Å². The van der Waals surface area contributed by atoms with Gasteiger partial charge in [0.1, 0.15) is 6.61 Å². The monoisotopic (exact) mass is 292 g/mol. The number of hydrogen-bond donors (Lipinski definition) is 0. The smallest absolute Gasteiger partial charge is 0.411 e. The lowest BCUT2D eigenvalue weighted by Gasteiger charge is -2.11. The Morgan fingerprint density at radius 2 is 1.89 bits per heavy atom. The average Bonchev–Trinajstić information content (AvgIpc) is 2.21. The number of ether oxygens (including phenoxy) is 2. The van der Waals surface area contributed by atoms with Gasteiger partial charge in [0.2, 0.25) is 0 Å². The Labute approximate surface area is 103 Å². The molecule has 0 rings (SSSR count). The van der Waals surface area contributed by atoms with Crippen molar-refractivity contribution in [2.75, 3.05) is 31.8 Å². The summed E-state index contributed by atoms with van der Waals surface area (Å²) in [6.45, 7) is -0.690. The second-order valence-corrected chi connectivity index (χ2v) is 5.94. The molecule has 0 fully saturated rings. The van der Waals surface area contributed by atoms with E-state index in [1.54, 1.807) is 0 Å². The molecule has 9 heteroatoms. The molecule has 5 nitrogen and oxygen atoms in total. The van der Waals surface area contributed by atoms with Crippen molar-refractivity contribution in [2.24, 2.45) is 5.92 Å². The van der Waals surface area contributed by atoms with Crippen LogP contribution in [0, 0.1) is 5.92 Å². The Morgan fingerprint density at radius 1 is 1.33 bits per heavy atom. The van der Waals surface area contributed by atoms with Crippen LogP contribution in [-0.2, 0) is 24.1 Å². The first kappa shape index (κ1) is 17.2. The fraction of sp³-hybridized carbons (Fsp3) is 0.889. The lowest BCUT2D eigenvalue weighted by Crippen LogP contribution is -2.26. The first-order valence-electron chi connectivity index (χ1n) is 5.00. The molecule has 0 aromatic rings. The van der Waals surface area contributed by atoms with Gasteiger partial charge >= 0.3 is 12.1 Å². The first-order valence-corrected chi connectivity index (χ1v) is 6.82. The van der Waals surface area contributed by atoms with Crippen LogP contribution >= 0.6 is 0 Å². The van der Waals surface area contributed by atoms with E-state index in [9.17, 15) is 26.4 Å². The molecule has 18 heavy (non-hydrogen) atoms. The maximum atomic E-state index is 11.7. The van der Waals surface area contributed by atoms with Gasteiger partial charge < -0.3 is 9.47 Å². The third-order valence-corrected chi connectivity index (χ3v) is 3.71. The minimum Gasteiger partial charge on any atom is -0.469 e. The van der Waals surface area contributed by atoms with Gasteiger partial charge in [-0.05, 0) is 0 Å². The van der Waals surface area contributed by atoms with Gasteiger partial charge in [-0.25, -0.2) is 8.42 Å². The molecule has 0 amide bonds. The second kappa shape index (κ2) is 6.93. The molecular formula is C9H15F3O5S. The number of sulfone groups is 1. The normalized spacial score (nSPS) is 14.3. The average molecular weight is 292 g/mol. The third-order valence-electron chi connectivity index (χ3n) is 1.91. The fourth-order valence-corrected chi connectivity index (χ4v) is 2.54. The quantitative estimate of drug-likeness (QED) is 0.512. The van der Waals surface area contributed by atoms with Gasteiger partial charge in [-0.15, -0.1) is 0 Å². The van der Waals surface area contributed by atoms with Gasteiger partial charge in [-0.2, -0.15) is 13.2 Å². The number of esters is 1. The number of carbonyl (C=O) groups is 1. The van der Waals surface area contributed by atoms with Gasteiger partial charge in [0.05, 0.1) is 31.1 Å². The molecule has 0 bridgehead atoms. The molecule has 0 spiro atoms. The summed E-state index contributed by atoms with van der Waals surface area (Å²) in [5.74, 6) is -2.59. The van der Waals surface area contributed by atoms with Crippen LogP contribution < -0.4 is 0 Å². The van der Waals surface area contributed by atoms with Crippen molar-refractivity contribution in [3.05, 3.63) is 0 Å². The molecule has 0 aliphatic carbocycles. The van der Waals surface area contributed by atoms with Crippen molar-refractivity contribution in [3.63, 3.8) is 0 Å². The Morgan fingerprint density at radius 3 is 2.33 bits per heavy atom. The van der Waals surface area contributed by atoms with Crippen LogP contribution in [0.2, 0.25) is 0 Å². The zero-order valence-electron chi connectivity index (χ0n) is 9.99. The van der Waals surface area contributed by atoms with E-state index in [1.807, 2.05) is 0 Å². The standard InChI is InChI=1S/C9H15F3O5S/c1-7(8(13)16-2)5-18(14,15)4-3-17-6-9(10,11)12/h7H,3-6H2,1-2H3. The van der Waals surface area contributed by atoms with Crippen molar-refractivity contribution in [2.45, 2.75) is 13.1 Å². The molecule has 0 aromatic heterocycles. The molecule has 0 aliphatic heterocycles. The minimum absolute atomic E-state index is 0.477. The number of halogens is 3. The van der Waals surface area contributed by atoms with Crippen LogP contribution in [-0.4, -0.2) is 52.4 Å². The number of methoxy groups -OCH3 is 1. The highest BCUT2D eigenvalue weighted by atomic mass is 32.2. The van der Waals surface area contributed by atoms with Gasteiger partial charge in [0.25, 0.3) is 0 Å². The summed E-state index contributed by atoms with van der Waals surface area (Å²) in [5, 5.41) is 0. The third kappa shape index (κ3) is 8.29. The van der Waals surface area contributed by atoms with Gasteiger partial charge in [-0.3, -0.25) is 4.79 Å². The van der Waals surface area contributed by atoms with Crippen LogP contribution in [0.5, 0.6) is 0 Å². The van der Waals surface area contributed by atoms with E-state index in [0.29, 0.717) is 0 Å². The van der Waals surface area contributed by atoms with Crippen LogP contribution in [0.15, 0.2) is 0 Å². The number of alkyl halides is 3. The van der Waals surface area contributed by atoms with E-state index < -0.39 is 52.6 Å². The van der Waals surface area contributed by atoms with E-state index in [4.69, 9.17) is 0 Å². The van der Waals surface area contributed by atoms with Gasteiger partial charge in [-0.1, -0.05) is 6.92 Å². The largest absolute Gasteiger partial charge is 0.469 e. The molecule has 1 atom stereocenters. The van der Waals surface area contributed by atoms with E-state index >= 15 is 0 Å². The maximum Gasteiger partial charge on any atom is 0.411 e. The van der Waals surface area contributed by atoms with E-state index in [0.717, 1.165) is 7.11 Å². The summed E-state index contributed by atoms with van der Waals surface area (Å²) < 4.78 is 66.5. The molecule has 0 saturated heterocycles. The number of carbonyl (C=O) groups excluding carboxylic acids is 1. The van der Waals surface area contributed by atoms with E-state index in [-0.39, 0.29) is 0 Å².